The molecule has 1 aliphatic heterocycles. The van der Waals surface area contributed by atoms with Gasteiger partial charge in [0.05, 0.1) is 4.90 Å². The number of hydrogen-bond donors (Lipinski definition) is 1. The fraction of sp³-hybridized carbons (Fsp3) is 0.455. The first kappa shape index (κ1) is 15.9. The molecule has 1 heterocycles. The summed E-state index contributed by atoms with van der Waals surface area (Å²) in [7, 11) is -3.43. The third kappa shape index (κ3) is 2.88. The van der Waals surface area contributed by atoms with Crippen LogP contribution in [0.15, 0.2) is 33.6 Å². The average molecular weight is 356 g/mol. The summed E-state index contributed by atoms with van der Waals surface area (Å²) >= 11 is 3.27. The first-order valence-corrected chi connectivity index (χ1v) is 7.66. The van der Waals surface area contributed by atoms with E-state index in [0.29, 0.717) is 22.5 Å². The Morgan fingerprint density at radius 2 is 1.94 bits per heavy atom. The molecule has 0 radical (unpaired) electrons. The first-order chi connectivity index (χ1) is 7.93. The van der Waals surface area contributed by atoms with Crippen LogP contribution in [-0.2, 0) is 10.0 Å². The van der Waals surface area contributed by atoms with Crippen molar-refractivity contribution in [1.82, 2.24) is 4.31 Å². The van der Waals surface area contributed by atoms with E-state index in [-0.39, 0.29) is 24.4 Å². The lowest BCUT2D eigenvalue weighted by Gasteiger charge is -2.16. The van der Waals surface area contributed by atoms with Crippen molar-refractivity contribution in [2.75, 3.05) is 13.1 Å². The lowest BCUT2D eigenvalue weighted by Crippen LogP contribution is -2.32. The molecule has 2 N–H and O–H groups in total. The van der Waals surface area contributed by atoms with E-state index in [4.69, 9.17) is 5.73 Å². The van der Waals surface area contributed by atoms with Gasteiger partial charge in [-0.25, -0.2) is 8.42 Å². The van der Waals surface area contributed by atoms with E-state index < -0.39 is 10.0 Å². The summed E-state index contributed by atoms with van der Waals surface area (Å²) in [6.45, 7) is 2.86. The molecule has 0 bridgehead atoms. The Balaban J connectivity index is 0.00000162. The van der Waals surface area contributed by atoms with Crippen molar-refractivity contribution in [2.45, 2.75) is 17.9 Å². The maximum Gasteiger partial charge on any atom is 0.244 e. The summed E-state index contributed by atoms with van der Waals surface area (Å²) in [5.74, 6) is 0.201. The Morgan fingerprint density at radius 3 is 2.44 bits per heavy atom. The molecule has 18 heavy (non-hydrogen) atoms. The summed E-state index contributed by atoms with van der Waals surface area (Å²) in [6.07, 6.45) is 0. The van der Waals surface area contributed by atoms with Crippen molar-refractivity contribution in [3.05, 3.63) is 28.7 Å². The topological polar surface area (TPSA) is 63.4 Å². The normalized spacial score (nSPS) is 24.8. The number of hydrogen-bond acceptors (Lipinski definition) is 3. The maximum atomic E-state index is 12.4. The van der Waals surface area contributed by atoms with Crippen LogP contribution in [0.25, 0.3) is 0 Å². The van der Waals surface area contributed by atoms with Crippen molar-refractivity contribution < 1.29 is 8.42 Å². The second-order valence-electron chi connectivity index (χ2n) is 4.39. The fourth-order valence-corrected chi connectivity index (χ4v) is 4.48. The van der Waals surface area contributed by atoms with Gasteiger partial charge in [-0.15, -0.1) is 12.4 Å². The smallest absolute Gasteiger partial charge is 0.244 e. The molecule has 1 aromatic carbocycles. The van der Waals surface area contributed by atoms with Gasteiger partial charge in [-0.2, -0.15) is 4.31 Å². The van der Waals surface area contributed by atoms with Gasteiger partial charge in [-0.1, -0.05) is 19.1 Å². The van der Waals surface area contributed by atoms with E-state index >= 15 is 0 Å². The molecule has 1 saturated heterocycles. The molecule has 2 rings (SSSR count). The lowest BCUT2D eigenvalue weighted by atomic mass is 10.1. The minimum absolute atomic E-state index is 0. The van der Waals surface area contributed by atoms with E-state index in [1.807, 2.05) is 6.92 Å². The highest BCUT2D eigenvalue weighted by Gasteiger charge is 2.35. The Bertz CT molecular complexity index is 514. The van der Waals surface area contributed by atoms with Crippen molar-refractivity contribution >= 4 is 38.4 Å². The fourth-order valence-electron chi connectivity index (χ4n) is 1.94. The second-order valence-corrected chi connectivity index (χ2v) is 7.15. The standard InChI is InChI=1S/C11H15BrN2O2S.ClH/c1-8-6-14(7-10(8)13)17(15,16)11-5-3-2-4-9(11)12;/h2-5,8,10H,6-7,13H2,1H3;1H. The second kappa shape index (κ2) is 5.88. The zero-order valence-electron chi connectivity index (χ0n) is 9.91. The molecular formula is C11H16BrClN2O2S. The van der Waals surface area contributed by atoms with Gasteiger partial charge in [-0.05, 0) is 34.0 Å². The van der Waals surface area contributed by atoms with Gasteiger partial charge in [0.15, 0.2) is 0 Å². The molecular weight excluding hydrogens is 340 g/mol. The molecule has 0 spiro atoms. The van der Waals surface area contributed by atoms with E-state index in [1.165, 1.54) is 4.31 Å². The number of halogens is 2. The summed E-state index contributed by atoms with van der Waals surface area (Å²) < 4.78 is 26.8. The number of rotatable bonds is 2. The van der Waals surface area contributed by atoms with Gasteiger partial charge in [0.25, 0.3) is 0 Å². The molecule has 7 heteroatoms. The van der Waals surface area contributed by atoms with Gasteiger partial charge >= 0.3 is 0 Å². The van der Waals surface area contributed by atoms with Gasteiger partial charge in [0, 0.05) is 23.6 Å². The third-order valence-corrected chi connectivity index (χ3v) is 5.94. The van der Waals surface area contributed by atoms with Gasteiger partial charge in [-0.3, -0.25) is 0 Å². The number of benzene rings is 1. The van der Waals surface area contributed by atoms with E-state index in [2.05, 4.69) is 15.9 Å². The summed E-state index contributed by atoms with van der Waals surface area (Å²) in [4.78, 5) is 0.307. The predicted octanol–water partition coefficient (Wildman–Crippen LogP) is 1.84. The molecule has 102 valence electrons. The molecule has 1 aliphatic rings. The number of nitrogens with two attached hydrogens (primary N) is 1. The summed E-state index contributed by atoms with van der Waals surface area (Å²) in [5.41, 5.74) is 5.86. The minimum atomic E-state index is -3.43. The van der Waals surface area contributed by atoms with E-state index in [0.717, 1.165) is 0 Å². The molecule has 2 unspecified atom stereocenters. The van der Waals surface area contributed by atoms with Crippen LogP contribution in [0.4, 0.5) is 0 Å². The van der Waals surface area contributed by atoms with E-state index in [1.54, 1.807) is 24.3 Å². The molecule has 0 aliphatic carbocycles. The maximum absolute atomic E-state index is 12.4. The number of nitrogens with zero attached hydrogens (tertiary/aromatic N) is 1. The Labute approximate surface area is 122 Å². The SMILES string of the molecule is CC1CN(S(=O)(=O)c2ccccc2Br)CC1N.Cl. The van der Waals surface area contributed by atoms with Crippen LogP contribution in [0.3, 0.4) is 0 Å². The molecule has 1 fully saturated rings. The highest BCUT2D eigenvalue weighted by atomic mass is 79.9. The van der Waals surface area contributed by atoms with Crippen molar-refractivity contribution in [3.8, 4) is 0 Å². The van der Waals surface area contributed by atoms with Gasteiger partial charge in [0.2, 0.25) is 10.0 Å². The van der Waals surface area contributed by atoms with Crippen LogP contribution < -0.4 is 5.73 Å². The minimum Gasteiger partial charge on any atom is -0.326 e. The van der Waals surface area contributed by atoms with Gasteiger partial charge in [0.1, 0.15) is 0 Å². The van der Waals surface area contributed by atoms with Crippen LogP contribution in [0.2, 0.25) is 0 Å². The molecule has 0 saturated carbocycles. The van der Waals surface area contributed by atoms with Crippen LogP contribution >= 0.6 is 28.3 Å². The largest absolute Gasteiger partial charge is 0.326 e. The average Bonchev–Trinajstić information content (AvgIpc) is 2.60. The quantitative estimate of drug-likeness (QED) is 0.880. The van der Waals surface area contributed by atoms with Gasteiger partial charge < -0.3 is 5.73 Å². The zero-order chi connectivity index (χ0) is 12.6. The highest BCUT2D eigenvalue weighted by Crippen LogP contribution is 2.28. The van der Waals surface area contributed by atoms with Crippen LogP contribution in [0.1, 0.15) is 6.92 Å². The van der Waals surface area contributed by atoms with Crippen LogP contribution in [0.5, 0.6) is 0 Å². The zero-order valence-corrected chi connectivity index (χ0v) is 13.1. The highest BCUT2D eigenvalue weighted by molar-refractivity contribution is 9.10. The lowest BCUT2D eigenvalue weighted by molar-refractivity contribution is 0.464. The Kier molecular flexibility index (Phi) is 5.20. The Morgan fingerprint density at radius 1 is 1.33 bits per heavy atom. The van der Waals surface area contributed by atoms with Crippen molar-refractivity contribution in [3.63, 3.8) is 0 Å². The third-order valence-electron chi connectivity index (χ3n) is 3.09. The molecule has 2 atom stereocenters. The summed E-state index contributed by atoms with van der Waals surface area (Å²) in [5, 5.41) is 0. The summed E-state index contributed by atoms with van der Waals surface area (Å²) in [6, 6.07) is 6.77. The molecule has 0 aromatic heterocycles. The molecule has 1 aromatic rings. The van der Waals surface area contributed by atoms with E-state index in [9.17, 15) is 8.42 Å². The first-order valence-electron chi connectivity index (χ1n) is 5.43. The molecule has 4 nitrogen and oxygen atoms in total. The predicted molar refractivity (Wildman–Crippen MR) is 77.3 cm³/mol. The van der Waals surface area contributed by atoms with Crippen LogP contribution in [-0.4, -0.2) is 31.9 Å². The monoisotopic (exact) mass is 354 g/mol. The number of sulfonamides is 1. The van der Waals surface area contributed by atoms with Crippen LogP contribution in [0, 0.1) is 5.92 Å². The molecule has 0 amide bonds. The Hall–Kier alpha value is -0.140. The van der Waals surface area contributed by atoms with Crippen molar-refractivity contribution in [2.24, 2.45) is 11.7 Å². The van der Waals surface area contributed by atoms with Crippen molar-refractivity contribution in [1.29, 1.82) is 0 Å².